The van der Waals surface area contributed by atoms with Gasteiger partial charge < -0.3 is 9.73 Å². The maximum Gasteiger partial charge on any atom is 0.326 e. The van der Waals surface area contributed by atoms with Crippen molar-refractivity contribution in [2.75, 3.05) is 0 Å². The summed E-state index contributed by atoms with van der Waals surface area (Å²) >= 11 is 5.82. The number of halogens is 1. The molecule has 100 valence electrons. The number of imide groups is 1. The average molecular weight is 289 g/mol. The van der Waals surface area contributed by atoms with Gasteiger partial charge in [-0.05, 0) is 36.4 Å². The summed E-state index contributed by atoms with van der Waals surface area (Å²) in [6, 6.07) is 10.2. The van der Waals surface area contributed by atoms with E-state index in [4.69, 9.17) is 16.0 Å². The second-order valence-electron chi connectivity index (χ2n) is 4.18. The number of carbonyl (C=O) groups is 2. The normalized spacial score (nSPS) is 16.4. The molecule has 1 aliphatic heterocycles. The van der Waals surface area contributed by atoms with E-state index in [1.54, 1.807) is 24.3 Å². The van der Waals surface area contributed by atoms with Gasteiger partial charge in [-0.2, -0.15) is 0 Å². The molecule has 0 saturated carbocycles. The van der Waals surface area contributed by atoms with E-state index in [2.05, 4.69) is 10.6 Å². The Morgan fingerprint density at radius 1 is 1.00 bits per heavy atom. The van der Waals surface area contributed by atoms with Gasteiger partial charge in [0.1, 0.15) is 17.2 Å². The highest BCUT2D eigenvalue weighted by molar-refractivity contribution is 6.30. The lowest BCUT2D eigenvalue weighted by Crippen LogP contribution is -2.22. The van der Waals surface area contributed by atoms with Gasteiger partial charge in [-0.15, -0.1) is 0 Å². The summed E-state index contributed by atoms with van der Waals surface area (Å²) < 4.78 is 5.60. The number of nitrogens with one attached hydrogen (secondary N) is 2. The zero-order chi connectivity index (χ0) is 14.1. The fourth-order valence-electron chi connectivity index (χ4n) is 1.82. The first-order valence-corrected chi connectivity index (χ1v) is 6.19. The van der Waals surface area contributed by atoms with Crippen LogP contribution in [0, 0.1) is 0 Å². The summed E-state index contributed by atoms with van der Waals surface area (Å²) in [5, 5.41) is 5.16. The molecule has 0 aliphatic carbocycles. The van der Waals surface area contributed by atoms with Gasteiger partial charge in [0.05, 0.1) is 0 Å². The first-order valence-electron chi connectivity index (χ1n) is 5.81. The van der Waals surface area contributed by atoms with Crippen molar-refractivity contribution >= 4 is 29.6 Å². The van der Waals surface area contributed by atoms with E-state index in [0.29, 0.717) is 16.5 Å². The number of hydrogen-bond donors (Lipinski definition) is 2. The van der Waals surface area contributed by atoms with Crippen LogP contribution in [0.15, 0.2) is 46.5 Å². The van der Waals surface area contributed by atoms with Crippen molar-refractivity contribution in [3.05, 3.63) is 52.9 Å². The molecule has 1 saturated heterocycles. The van der Waals surface area contributed by atoms with Crippen molar-refractivity contribution in [3.8, 4) is 11.3 Å². The van der Waals surface area contributed by atoms with Crippen molar-refractivity contribution in [2.45, 2.75) is 0 Å². The van der Waals surface area contributed by atoms with Gasteiger partial charge in [-0.3, -0.25) is 10.1 Å². The topological polar surface area (TPSA) is 71.3 Å². The van der Waals surface area contributed by atoms with Crippen LogP contribution in [0.3, 0.4) is 0 Å². The molecule has 6 heteroatoms. The van der Waals surface area contributed by atoms with E-state index in [1.165, 1.54) is 6.08 Å². The van der Waals surface area contributed by atoms with Crippen LogP contribution in [0.1, 0.15) is 5.76 Å². The molecule has 0 bridgehead atoms. The first kappa shape index (κ1) is 12.5. The fraction of sp³-hybridized carbons (Fsp3) is 0. The van der Waals surface area contributed by atoms with Crippen LogP contribution in [0.25, 0.3) is 17.4 Å². The fourth-order valence-corrected chi connectivity index (χ4v) is 1.95. The molecule has 1 fully saturated rings. The SMILES string of the molecule is O=C1NC(=O)/C(=C\c2ccc(-c3ccc(Cl)cc3)o2)N1. The molecular formula is C14H9ClN2O3. The molecule has 0 atom stereocenters. The number of furan rings is 1. The van der Waals surface area contributed by atoms with Crippen LogP contribution in [0.2, 0.25) is 5.02 Å². The van der Waals surface area contributed by atoms with Gasteiger partial charge in [-0.1, -0.05) is 11.6 Å². The molecule has 1 aromatic heterocycles. The van der Waals surface area contributed by atoms with Crippen molar-refractivity contribution in [1.82, 2.24) is 10.6 Å². The average Bonchev–Trinajstić information content (AvgIpc) is 2.98. The van der Waals surface area contributed by atoms with Crippen LogP contribution < -0.4 is 10.6 Å². The standard InChI is InChI=1S/C14H9ClN2O3/c15-9-3-1-8(2-4-9)12-6-5-10(20-12)7-11-13(18)17-14(19)16-11/h1-7H,(H2,16,17,18,19)/b11-7+. The predicted molar refractivity (Wildman–Crippen MR) is 73.8 cm³/mol. The van der Waals surface area contributed by atoms with Crippen LogP contribution in [0.4, 0.5) is 4.79 Å². The summed E-state index contributed by atoms with van der Waals surface area (Å²) in [6.45, 7) is 0. The second-order valence-corrected chi connectivity index (χ2v) is 4.61. The quantitative estimate of drug-likeness (QED) is 0.659. The molecule has 2 heterocycles. The van der Waals surface area contributed by atoms with Gasteiger partial charge in [0.25, 0.3) is 5.91 Å². The van der Waals surface area contributed by atoms with E-state index < -0.39 is 11.9 Å². The van der Waals surface area contributed by atoms with Gasteiger partial charge >= 0.3 is 6.03 Å². The summed E-state index contributed by atoms with van der Waals surface area (Å²) in [6.07, 6.45) is 1.47. The van der Waals surface area contributed by atoms with Crippen LogP contribution in [0.5, 0.6) is 0 Å². The maximum atomic E-state index is 11.4. The third kappa shape index (κ3) is 2.44. The highest BCUT2D eigenvalue weighted by Crippen LogP contribution is 2.24. The highest BCUT2D eigenvalue weighted by Gasteiger charge is 2.23. The Hall–Kier alpha value is -2.53. The molecule has 3 rings (SSSR count). The van der Waals surface area contributed by atoms with Gasteiger partial charge in [0.15, 0.2) is 0 Å². The Labute approximate surface area is 119 Å². The molecule has 3 amide bonds. The third-order valence-corrected chi connectivity index (χ3v) is 3.01. The minimum absolute atomic E-state index is 0.159. The van der Waals surface area contributed by atoms with Crippen LogP contribution in [-0.2, 0) is 4.79 Å². The van der Waals surface area contributed by atoms with E-state index in [0.717, 1.165) is 5.56 Å². The number of urea groups is 1. The second kappa shape index (κ2) is 4.86. The van der Waals surface area contributed by atoms with Gasteiger partial charge in [0, 0.05) is 16.7 Å². The number of rotatable bonds is 2. The van der Waals surface area contributed by atoms with Crippen molar-refractivity contribution < 1.29 is 14.0 Å². The van der Waals surface area contributed by atoms with E-state index in [9.17, 15) is 9.59 Å². The molecule has 1 aromatic carbocycles. The molecule has 2 N–H and O–H groups in total. The van der Waals surface area contributed by atoms with Crippen LogP contribution >= 0.6 is 11.6 Å². The Balaban J connectivity index is 1.87. The van der Waals surface area contributed by atoms with Crippen molar-refractivity contribution in [2.24, 2.45) is 0 Å². The molecule has 0 spiro atoms. The Kier molecular flexibility index (Phi) is 3.04. The lowest BCUT2D eigenvalue weighted by molar-refractivity contribution is -0.115. The number of benzene rings is 1. The Morgan fingerprint density at radius 2 is 1.75 bits per heavy atom. The summed E-state index contributed by atoms with van der Waals surface area (Å²) in [5.41, 5.74) is 1.03. The molecule has 2 aromatic rings. The van der Waals surface area contributed by atoms with Crippen LogP contribution in [-0.4, -0.2) is 11.9 Å². The van der Waals surface area contributed by atoms with Gasteiger partial charge in [0.2, 0.25) is 0 Å². The smallest absolute Gasteiger partial charge is 0.326 e. The predicted octanol–water partition coefficient (Wildman–Crippen LogP) is 2.78. The number of amides is 3. The lowest BCUT2D eigenvalue weighted by atomic mass is 10.2. The Morgan fingerprint density at radius 3 is 2.40 bits per heavy atom. The summed E-state index contributed by atoms with van der Waals surface area (Å²) in [4.78, 5) is 22.4. The van der Waals surface area contributed by atoms with E-state index in [1.807, 2.05) is 12.1 Å². The molecule has 0 radical (unpaired) electrons. The lowest BCUT2D eigenvalue weighted by Gasteiger charge is -1.96. The number of hydrogen-bond acceptors (Lipinski definition) is 3. The molecule has 20 heavy (non-hydrogen) atoms. The minimum Gasteiger partial charge on any atom is -0.457 e. The zero-order valence-electron chi connectivity index (χ0n) is 10.1. The number of carbonyl (C=O) groups excluding carboxylic acids is 2. The largest absolute Gasteiger partial charge is 0.457 e. The Bertz CT molecular complexity index is 716. The monoisotopic (exact) mass is 288 g/mol. The van der Waals surface area contributed by atoms with E-state index >= 15 is 0 Å². The van der Waals surface area contributed by atoms with Gasteiger partial charge in [-0.25, -0.2) is 4.79 Å². The highest BCUT2D eigenvalue weighted by atomic mass is 35.5. The molecule has 5 nitrogen and oxygen atoms in total. The van der Waals surface area contributed by atoms with Crippen molar-refractivity contribution in [3.63, 3.8) is 0 Å². The molecule has 1 aliphatic rings. The molecule has 0 unspecified atom stereocenters. The minimum atomic E-state index is -0.536. The summed E-state index contributed by atoms with van der Waals surface area (Å²) in [7, 11) is 0. The maximum absolute atomic E-state index is 11.4. The van der Waals surface area contributed by atoms with E-state index in [-0.39, 0.29) is 5.70 Å². The third-order valence-electron chi connectivity index (χ3n) is 2.76. The summed E-state index contributed by atoms with van der Waals surface area (Å²) in [5.74, 6) is 0.653. The molecular weight excluding hydrogens is 280 g/mol. The zero-order valence-corrected chi connectivity index (χ0v) is 10.9. The first-order chi connectivity index (χ1) is 9.61. The van der Waals surface area contributed by atoms with Crippen molar-refractivity contribution in [1.29, 1.82) is 0 Å².